The van der Waals surface area contributed by atoms with Gasteiger partial charge in [-0.1, -0.05) is 30.3 Å². The van der Waals surface area contributed by atoms with Crippen LogP contribution in [0.2, 0.25) is 0 Å². The maximum absolute atomic E-state index is 11.7. The van der Waals surface area contributed by atoms with E-state index in [1.807, 2.05) is 30.3 Å². The van der Waals surface area contributed by atoms with Gasteiger partial charge in [-0.2, -0.15) is 0 Å². The third-order valence-corrected chi connectivity index (χ3v) is 2.81. The van der Waals surface area contributed by atoms with Gasteiger partial charge in [0.2, 0.25) is 0 Å². The zero-order chi connectivity index (χ0) is 14.5. The van der Waals surface area contributed by atoms with Gasteiger partial charge in [-0.3, -0.25) is 4.79 Å². The molecular formula is C14H16N4O2. The van der Waals surface area contributed by atoms with Crippen molar-refractivity contribution < 1.29 is 9.59 Å². The van der Waals surface area contributed by atoms with Gasteiger partial charge in [0.15, 0.2) is 0 Å². The lowest BCUT2D eigenvalue weighted by atomic mass is 10.2. The second-order valence-electron chi connectivity index (χ2n) is 4.38. The number of urea groups is 1. The summed E-state index contributed by atoms with van der Waals surface area (Å²) in [6.07, 6.45) is 1.63. The Labute approximate surface area is 116 Å². The second kappa shape index (κ2) is 5.92. The number of aryl methyl sites for hydroxylation is 1. The van der Waals surface area contributed by atoms with Crippen molar-refractivity contribution in [3.8, 4) is 0 Å². The molecule has 0 unspecified atom stereocenters. The van der Waals surface area contributed by atoms with E-state index in [-0.39, 0.29) is 6.03 Å². The standard InChI is InChI=1S/C14H16N4O2/c1-18-9-11(7-12(18)13(15)19)17-14(20)16-8-10-5-3-2-4-6-10/h2-7,9H,8H2,1H3,(H2,15,19)(H2,16,17,20). The molecule has 0 aliphatic rings. The molecule has 0 bridgehead atoms. The molecule has 3 amide bonds. The van der Waals surface area contributed by atoms with E-state index in [9.17, 15) is 9.59 Å². The molecule has 1 aromatic heterocycles. The Hall–Kier alpha value is -2.76. The van der Waals surface area contributed by atoms with Gasteiger partial charge < -0.3 is 20.9 Å². The van der Waals surface area contributed by atoms with Gasteiger partial charge in [-0.05, 0) is 11.6 Å². The van der Waals surface area contributed by atoms with Gasteiger partial charge in [0, 0.05) is 19.8 Å². The molecule has 0 fully saturated rings. The predicted molar refractivity (Wildman–Crippen MR) is 76.2 cm³/mol. The largest absolute Gasteiger partial charge is 0.364 e. The molecule has 104 valence electrons. The number of anilines is 1. The Morgan fingerprint density at radius 1 is 1.25 bits per heavy atom. The number of aromatic nitrogens is 1. The van der Waals surface area contributed by atoms with Crippen molar-refractivity contribution in [1.82, 2.24) is 9.88 Å². The molecule has 2 rings (SSSR count). The van der Waals surface area contributed by atoms with Gasteiger partial charge in [-0.15, -0.1) is 0 Å². The van der Waals surface area contributed by atoms with Crippen LogP contribution in [0.1, 0.15) is 16.1 Å². The van der Waals surface area contributed by atoms with Gasteiger partial charge >= 0.3 is 6.03 Å². The van der Waals surface area contributed by atoms with Crippen molar-refractivity contribution in [1.29, 1.82) is 0 Å². The van der Waals surface area contributed by atoms with Gasteiger partial charge in [0.05, 0.1) is 5.69 Å². The van der Waals surface area contributed by atoms with Crippen LogP contribution in [0.5, 0.6) is 0 Å². The van der Waals surface area contributed by atoms with E-state index < -0.39 is 5.91 Å². The first kappa shape index (κ1) is 13.7. The Morgan fingerprint density at radius 2 is 1.95 bits per heavy atom. The Morgan fingerprint density at radius 3 is 2.55 bits per heavy atom. The minimum atomic E-state index is -0.537. The highest BCUT2D eigenvalue weighted by molar-refractivity contribution is 5.95. The van der Waals surface area contributed by atoms with Crippen molar-refractivity contribution in [3.05, 3.63) is 53.9 Å². The van der Waals surface area contributed by atoms with Crippen molar-refractivity contribution in [3.63, 3.8) is 0 Å². The lowest BCUT2D eigenvalue weighted by Gasteiger charge is -2.05. The van der Waals surface area contributed by atoms with Crippen LogP contribution in [0.25, 0.3) is 0 Å². The molecular weight excluding hydrogens is 256 g/mol. The maximum Gasteiger partial charge on any atom is 0.319 e. The first-order chi connectivity index (χ1) is 9.56. The molecule has 1 heterocycles. The minimum absolute atomic E-state index is 0.336. The number of amides is 3. The molecule has 6 heteroatoms. The van der Waals surface area contributed by atoms with E-state index in [4.69, 9.17) is 5.73 Å². The molecule has 0 aliphatic heterocycles. The summed E-state index contributed by atoms with van der Waals surface area (Å²) in [5, 5.41) is 5.38. The third-order valence-electron chi connectivity index (χ3n) is 2.81. The van der Waals surface area contributed by atoms with Gasteiger partial charge in [0.25, 0.3) is 5.91 Å². The quantitative estimate of drug-likeness (QED) is 0.786. The fraction of sp³-hybridized carbons (Fsp3) is 0.143. The average Bonchev–Trinajstić information content (AvgIpc) is 2.78. The summed E-state index contributed by atoms with van der Waals surface area (Å²) in [4.78, 5) is 22.8. The highest BCUT2D eigenvalue weighted by Crippen LogP contribution is 2.12. The Balaban J connectivity index is 1.92. The van der Waals surface area contributed by atoms with E-state index in [0.717, 1.165) is 5.56 Å². The molecule has 0 saturated heterocycles. The number of carbonyl (C=O) groups is 2. The monoisotopic (exact) mass is 272 g/mol. The number of benzene rings is 1. The summed E-state index contributed by atoms with van der Waals surface area (Å²) in [6.45, 7) is 0.433. The van der Waals surface area contributed by atoms with Crippen LogP contribution < -0.4 is 16.4 Å². The van der Waals surface area contributed by atoms with Gasteiger partial charge in [-0.25, -0.2) is 4.79 Å². The fourth-order valence-corrected chi connectivity index (χ4v) is 1.83. The number of hydrogen-bond acceptors (Lipinski definition) is 2. The zero-order valence-corrected chi connectivity index (χ0v) is 11.1. The van der Waals surface area contributed by atoms with E-state index in [1.165, 1.54) is 6.07 Å². The molecule has 2 aromatic rings. The van der Waals surface area contributed by atoms with Crippen molar-refractivity contribution in [2.75, 3.05) is 5.32 Å². The first-order valence-corrected chi connectivity index (χ1v) is 6.11. The highest BCUT2D eigenvalue weighted by atomic mass is 16.2. The summed E-state index contributed by atoms with van der Waals surface area (Å²) in [6, 6.07) is 10.8. The average molecular weight is 272 g/mol. The summed E-state index contributed by atoms with van der Waals surface area (Å²) >= 11 is 0. The predicted octanol–water partition coefficient (Wildman–Crippen LogP) is 1.45. The number of primary amides is 1. The summed E-state index contributed by atoms with van der Waals surface area (Å²) < 4.78 is 1.56. The summed E-state index contributed by atoms with van der Waals surface area (Å²) in [5.74, 6) is -0.537. The van der Waals surface area contributed by atoms with Crippen LogP contribution in [-0.4, -0.2) is 16.5 Å². The van der Waals surface area contributed by atoms with Crippen LogP contribution in [0.15, 0.2) is 42.6 Å². The van der Waals surface area contributed by atoms with Crippen LogP contribution in [-0.2, 0) is 13.6 Å². The number of nitrogens with two attached hydrogens (primary N) is 1. The third kappa shape index (κ3) is 3.38. The lowest BCUT2D eigenvalue weighted by molar-refractivity contribution is 0.0992. The maximum atomic E-state index is 11.7. The van der Waals surface area contributed by atoms with Crippen molar-refractivity contribution in [2.24, 2.45) is 12.8 Å². The van der Waals surface area contributed by atoms with Gasteiger partial charge in [0.1, 0.15) is 5.69 Å². The number of rotatable bonds is 4. The van der Waals surface area contributed by atoms with Crippen LogP contribution >= 0.6 is 0 Å². The normalized spacial score (nSPS) is 10.1. The molecule has 0 spiro atoms. The molecule has 0 aliphatic carbocycles. The number of carbonyl (C=O) groups excluding carboxylic acids is 2. The van der Waals surface area contributed by atoms with E-state index >= 15 is 0 Å². The zero-order valence-electron chi connectivity index (χ0n) is 11.1. The molecule has 20 heavy (non-hydrogen) atoms. The molecule has 6 nitrogen and oxygen atoms in total. The van der Waals surface area contributed by atoms with Crippen molar-refractivity contribution >= 4 is 17.6 Å². The molecule has 4 N–H and O–H groups in total. The smallest absolute Gasteiger partial charge is 0.319 e. The van der Waals surface area contributed by atoms with E-state index in [1.54, 1.807) is 17.8 Å². The molecule has 0 saturated carbocycles. The number of nitrogens with zero attached hydrogens (tertiary/aromatic N) is 1. The number of hydrogen-bond donors (Lipinski definition) is 3. The first-order valence-electron chi connectivity index (χ1n) is 6.11. The van der Waals surface area contributed by atoms with E-state index in [2.05, 4.69) is 10.6 Å². The molecule has 1 aromatic carbocycles. The SMILES string of the molecule is Cn1cc(NC(=O)NCc2ccccc2)cc1C(N)=O. The summed E-state index contributed by atoms with van der Waals surface area (Å²) in [7, 11) is 1.69. The van der Waals surface area contributed by atoms with Crippen LogP contribution in [0, 0.1) is 0 Å². The fourth-order valence-electron chi connectivity index (χ4n) is 1.83. The highest BCUT2D eigenvalue weighted by Gasteiger charge is 2.09. The number of nitrogens with one attached hydrogen (secondary N) is 2. The minimum Gasteiger partial charge on any atom is -0.364 e. The van der Waals surface area contributed by atoms with Crippen LogP contribution in [0.3, 0.4) is 0 Å². The Kier molecular flexibility index (Phi) is 4.05. The second-order valence-corrected chi connectivity index (χ2v) is 4.38. The van der Waals surface area contributed by atoms with Crippen molar-refractivity contribution in [2.45, 2.75) is 6.54 Å². The molecule has 0 atom stereocenters. The summed E-state index contributed by atoms with van der Waals surface area (Å²) in [5.41, 5.74) is 7.07. The van der Waals surface area contributed by atoms with Crippen LogP contribution in [0.4, 0.5) is 10.5 Å². The Bertz CT molecular complexity index is 619. The molecule has 0 radical (unpaired) electrons. The lowest BCUT2D eigenvalue weighted by Crippen LogP contribution is -2.27. The van der Waals surface area contributed by atoms with E-state index in [0.29, 0.717) is 17.9 Å². The topological polar surface area (TPSA) is 89.2 Å².